The van der Waals surface area contributed by atoms with Crippen molar-refractivity contribution in [2.24, 2.45) is 5.92 Å². The fourth-order valence-electron chi connectivity index (χ4n) is 1.21. The molecular formula is C12H23NO2. The first-order chi connectivity index (χ1) is 7.11. The average molecular weight is 213 g/mol. The van der Waals surface area contributed by atoms with Gasteiger partial charge in [0.15, 0.2) is 0 Å². The number of hydrogen-bond acceptors (Lipinski definition) is 2. The number of rotatable bonds is 8. The number of hydrogen-bond donors (Lipinski definition) is 1. The van der Waals surface area contributed by atoms with Crippen LogP contribution in [-0.4, -0.2) is 12.5 Å². The predicted molar refractivity (Wildman–Crippen MR) is 62.2 cm³/mol. The van der Waals surface area contributed by atoms with E-state index < -0.39 is 0 Å². The van der Waals surface area contributed by atoms with E-state index in [9.17, 15) is 4.79 Å². The summed E-state index contributed by atoms with van der Waals surface area (Å²) in [6, 6.07) is 0. The second-order valence-corrected chi connectivity index (χ2v) is 3.94. The van der Waals surface area contributed by atoms with Crippen LogP contribution in [0.15, 0.2) is 12.2 Å². The van der Waals surface area contributed by atoms with Gasteiger partial charge in [-0.3, -0.25) is 9.63 Å². The Labute approximate surface area is 92.8 Å². The number of unbranched alkanes of at least 4 members (excludes halogenated alkanes) is 1. The summed E-state index contributed by atoms with van der Waals surface area (Å²) >= 11 is 0. The lowest BCUT2D eigenvalue weighted by atomic mass is 10.0. The van der Waals surface area contributed by atoms with Gasteiger partial charge < -0.3 is 0 Å². The highest BCUT2D eigenvalue weighted by atomic mass is 16.6. The molecule has 0 heterocycles. The normalized spacial score (nSPS) is 12.2. The van der Waals surface area contributed by atoms with Crippen LogP contribution in [0.2, 0.25) is 0 Å². The molecule has 3 heteroatoms. The standard InChI is InChI=1S/C12H23NO2/c1-5-7-8-11(6-2)9-15-13-12(14)10(3)4/h11H,3,5-9H2,1-2,4H3,(H,13,14). The van der Waals surface area contributed by atoms with E-state index >= 15 is 0 Å². The molecule has 0 saturated carbocycles. The summed E-state index contributed by atoms with van der Waals surface area (Å²) in [5.74, 6) is 0.302. The maximum atomic E-state index is 11.1. The van der Waals surface area contributed by atoms with Gasteiger partial charge in [0.25, 0.3) is 5.91 Å². The fourth-order valence-corrected chi connectivity index (χ4v) is 1.21. The minimum atomic E-state index is -0.236. The monoisotopic (exact) mass is 213 g/mol. The van der Waals surface area contributed by atoms with Crippen molar-refractivity contribution in [2.45, 2.75) is 46.5 Å². The highest BCUT2D eigenvalue weighted by Gasteiger charge is 2.07. The molecule has 0 saturated heterocycles. The summed E-state index contributed by atoms with van der Waals surface area (Å²) in [6.45, 7) is 10.1. The van der Waals surface area contributed by atoms with E-state index in [1.165, 1.54) is 12.8 Å². The van der Waals surface area contributed by atoms with Gasteiger partial charge >= 0.3 is 0 Å². The van der Waals surface area contributed by atoms with Crippen LogP contribution in [0.5, 0.6) is 0 Å². The van der Waals surface area contributed by atoms with Crippen LogP contribution in [0.25, 0.3) is 0 Å². The lowest BCUT2D eigenvalue weighted by molar-refractivity contribution is -0.130. The molecule has 0 aromatic carbocycles. The van der Waals surface area contributed by atoms with Crippen molar-refractivity contribution in [1.82, 2.24) is 5.48 Å². The summed E-state index contributed by atoms with van der Waals surface area (Å²) in [7, 11) is 0. The summed E-state index contributed by atoms with van der Waals surface area (Å²) in [5.41, 5.74) is 2.85. The van der Waals surface area contributed by atoms with Crippen molar-refractivity contribution >= 4 is 5.91 Å². The number of amides is 1. The molecular weight excluding hydrogens is 190 g/mol. The van der Waals surface area contributed by atoms with Crippen LogP contribution < -0.4 is 5.48 Å². The zero-order valence-electron chi connectivity index (χ0n) is 10.1. The Bertz CT molecular complexity index is 202. The molecule has 0 rings (SSSR count). The Morgan fingerprint density at radius 3 is 2.60 bits per heavy atom. The van der Waals surface area contributed by atoms with Crippen LogP contribution in [0.4, 0.5) is 0 Å². The Hall–Kier alpha value is -0.830. The van der Waals surface area contributed by atoms with Gasteiger partial charge in [-0.1, -0.05) is 39.7 Å². The third kappa shape index (κ3) is 7.14. The molecule has 0 bridgehead atoms. The number of carbonyl (C=O) groups is 1. The van der Waals surface area contributed by atoms with Gasteiger partial charge in [0, 0.05) is 5.57 Å². The van der Waals surface area contributed by atoms with Gasteiger partial charge in [0.2, 0.25) is 0 Å². The molecule has 0 aromatic heterocycles. The molecule has 0 aliphatic carbocycles. The molecule has 1 atom stereocenters. The molecule has 1 amide bonds. The highest BCUT2D eigenvalue weighted by molar-refractivity contribution is 5.91. The van der Waals surface area contributed by atoms with Gasteiger partial charge in [-0.05, 0) is 19.3 Å². The van der Waals surface area contributed by atoms with E-state index in [0.29, 0.717) is 18.1 Å². The summed E-state index contributed by atoms with van der Waals surface area (Å²) in [6.07, 6.45) is 4.67. The molecule has 0 aliphatic heterocycles. The summed E-state index contributed by atoms with van der Waals surface area (Å²) in [5, 5.41) is 0. The van der Waals surface area contributed by atoms with E-state index in [2.05, 4.69) is 25.9 Å². The Morgan fingerprint density at radius 2 is 2.13 bits per heavy atom. The molecule has 15 heavy (non-hydrogen) atoms. The van der Waals surface area contributed by atoms with Crippen LogP contribution in [0.3, 0.4) is 0 Å². The van der Waals surface area contributed by atoms with E-state index in [1.807, 2.05) is 0 Å². The second-order valence-electron chi connectivity index (χ2n) is 3.94. The van der Waals surface area contributed by atoms with Crippen molar-refractivity contribution in [2.75, 3.05) is 6.61 Å². The largest absolute Gasteiger partial charge is 0.273 e. The predicted octanol–water partition coefficient (Wildman–Crippen LogP) is 2.83. The maximum Gasteiger partial charge on any atom is 0.269 e. The van der Waals surface area contributed by atoms with Crippen LogP contribution in [-0.2, 0) is 9.63 Å². The summed E-state index contributed by atoms with van der Waals surface area (Å²) < 4.78 is 0. The third-order valence-corrected chi connectivity index (χ3v) is 2.41. The van der Waals surface area contributed by atoms with E-state index in [-0.39, 0.29) is 5.91 Å². The molecule has 0 aromatic rings. The fraction of sp³-hybridized carbons (Fsp3) is 0.750. The molecule has 0 radical (unpaired) electrons. The quantitative estimate of drug-likeness (QED) is 0.497. The molecule has 1 unspecified atom stereocenters. The first kappa shape index (κ1) is 14.2. The number of carbonyl (C=O) groups excluding carboxylic acids is 1. The zero-order valence-corrected chi connectivity index (χ0v) is 10.1. The van der Waals surface area contributed by atoms with E-state index in [1.54, 1.807) is 6.92 Å². The van der Waals surface area contributed by atoms with Crippen molar-refractivity contribution in [3.63, 3.8) is 0 Å². The van der Waals surface area contributed by atoms with Gasteiger partial charge in [-0.2, -0.15) is 0 Å². The smallest absolute Gasteiger partial charge is 0.269 e. The van der Waals surface area contributed by atoms with Crippen molar-refractivity contribution in [3.8, 4) is 0 Å². The summed E-state index contributed by atoms with van der Waals surface area (Å²) in [4.78, 5) is 16.2. The first-order valence-electron chi connectivity index (χ1n) is 5.69. The van der Waals surface area contributed by atoms with E-state index in [0.717, 1.165) is 12.8 Å². The second kappa shape index (κ2) is 8.48. The Balaban J connectivity index is 3.62. The lowest BCUT2D eigenvalue weighted by Gasteiger charge is -2.14. The minimum absolute atomic E-state index is 0.236. The molecule has 3 nitrogen and oxygen atoms in total. The van der Waals surface area contributed by atoms with Gasteiger partial charge in [-0.15, -0.1) is 0 Å². The van der Waals surface area contributed by atoms with Crippen molar-refractivity contribution in [1.29, 1.82) is 0 Å². The van der Waals surface area contributed by atoms with Crippen LogP contribution >= 0.6 is 0 Å². The molecule has 88 valence electrons. The van der Waals surface area contributed by atoms with E-state index in [4.69, 9.17) is 4.84 Å². The number of nitrogens with one attached hydrogen (secondary N) is 1. The Kier molecular flexibility index (Phi) is 8.01. The zero-order chi connectivity index (χ0) is 11.7. The third-order valence-electron chi connectivity index (χ3n) is 2.41. The number of hydroxylamine groups is 1. The Morgan fingerprint density at radius 1 is 1.47 bits per heavy atom. The van der Waals surface area contributed by atoms with Gasteiger partial charge in [0.1, 0.15) is 0 Å². The topological polar surface area (TPSA) is 38.3 Å². The average Bonchev–Trinajstić information content (AvgIpc) is 2.22. The molecule has 0 aliphatic rings. The lowest BCUT2D eigenvalue weighted by Crippen LogP contribution is -2.26. The maximum absolute atomic E-state index is 11.1. The van der Waals surface area contributed by atoms with Gasteiger partial charge in [-0.25, -0.2) is 5.48 Å². The van der Waals surface area contributed by atoms with Gasteiger partial charge in [0.05, 0.1) is 6.61 Å². The van der Waals surface area contributed by atoms with Crippen LogP contribution in [0.1, 0.15) is 46.5 Å². The SMILES string of the molecule is C=C(C)C(=O)NOCC(CC)CCCC. The first-order valence-corrected chi connectivity index (χ1v) is 5.69. The molecule has 0 spiro atoms. The van der Waals surface area contributed by atoms with Crippen molar-refractivity contribution in [3.05, 3.63) is 12.2 Å². The molecule has 1 N–H and O–H groups in total. The van der Waals surface area contributed by atoms with Crippen LogP contribution in [0, 0.1) is 5.92 Å². The highest BCUT2D eigenvalue weighted by Crippen LogP contribution is 2.12. The molecule has 0 fully saturated rings. The van der Waals surface area contributed by atoms with Crippen molar-refractivity contribution < 1.29 is 9.63 Å². The minimum Gasteiger partial charge on any atom is -0.273 e.